The van der Waals surface area contributed by atoms with Crippen LogP contribution in [0.25, 0.3) is 0 Å². The lowest BCUT2D eigenvalue weighted by atomic mass is 10.1. The highest BCUT2D eigenvalue weighted by molar-refractivity contribution is 5.95. The van der Waals surface area contributed by atoms with Crippen molar-refractivity contribution < 1.29 is 27.4 Å². The Hall–Kier alpha value is -3.41. The van der Waals surface area contributed by atoms with Crippen LogP contribution in [0, 0.1) is 11.3 Å². The van der Waals surface area contributed by atoms with Gasteiger partial charge < -0.3 is 19.7 Å². The minimum Gasteiger partial charge on any atom is -0.493 e. The van der Waals surface area contributed by atoms with Gasteiger partial charge in [0.05, 0.1) is 35.7 Å². The van der Waals surface area contributed by atoms with Gasteiger partial charge in [-0.25, -0.2) is 0 Å². The Kier molecular flexibility index (Phi) is 7.53. The number of carbonyl (C=O) groups excluding carboxylic acids is 1. The number of alkyl halides is 3. The summed E-state index contributed by atoms with van der Waals surface area (Å²) in [5, 5.41) is 11.4. The van der Waals surface area contributed by atoms with Crippen molar-refractivity contribution in [3.05, 3.63) is 47.5 Å². The zero-order valence-corrected chi connectivity index (χ0v) is 16.8. The number of nitrogens with one attached hydrogen (secondary N) is 1. The normalized spacial score (nSPS) is 10.8. The van der Waals surface area contributed by atoms with Crippen LogP contribution in [-0.4, -0.2) is 32.7 Å². The minimum absolute atomic E-state index is 0.0499. The predicted molar refractivity (Wildman–Crippen MR) is 107 cm³/mol. The van der Waals surface area contributed by atoms with Crippen molar-refractivity contribution in [1.82, 2.24) is 0 Å². The average molecular weight is 421 g/mol. The number of ether oxygens (including phenoxy) is 2. The molecule has 0 unspecified atom stereocenters. The van der Waals surface area contributed by atoms with Gasteiger partial charge in [0, 0.05) is 19.2 Å². The molecule has 0 saturated heterocycles. The highest BCUT2D eigenvalue weighted by atomic mass is 19.4. The molecule has 0 heterocycles. The third kappa shape index (κ3) is 5.56. The summed E-state index contributed by atoms with van der Waals surface area (Å²) >= 11 is 0. The van der Waals surface area contributed by atoms with Crippen molar-refractivity contribution in [3.8, 4) is 17.6 Å². The van der Waals surface area contributed by atoms with Gasteiger partial charge in [-0.2, -0.15) is 18.4 Å². The largest absolute Gasteiger partial charge is 0.493 e. The SMILES string of the molecule is CCN(CC)c1ccc(C(F)(F)F)cc1NC(=O)COc1ccc(C#N)cc1OC. The zero-order chi connectivity index (χ0) is 22.3. The van der Waals surface area contributed by atoms with E-state index in [1.165, 1.54) is 31.4 Å². The summed E-state index contributed by atoms with van der Waals surface area (Å²) in [6, 6.07) is 9.64. The highest BCUT2D eigenvalue weighted by Gasteiger charge is 2.31. The molecule has 0 spiro atoms. The van der Waals surface area contributed by atoms with E-state index in [9.17, 15) is 18.0 Å². The number of methoxy groups -OCH3 is 1. The van der Waals surface area contributed by atoms with Crippen molar-refractivity contribution in [1.29, 1.82) is 5.26 Å². The maximum atomic E-state index is 13.1. The lowest BCUT2D eigenvalue weighted by Gasteiger charge is -2.25. The lowest BCUT2D eigenvalue weighted by molar-refractivity contribution is -0.137. The molecule has 0 fully saturated rings. The van der Waals surface area contributed by atoms with Gasteiger partial charge in [0.25, 0.3) is 5.91 Å². The van der Waals surface area contributed by atoms with Crippen LogP contribution in [0.3, 0.4) is 0 Å². The smallest absolute Gasteiger partial charge is 0.416 e. The van der Waals surface area contributed by atoms with E-state index in [0.717, 1.165) is 12.1 Å². The van der Waals surface area contributed by atoms with E-state index in [2.05, 4.69) is 5.32 Å². The molecule has 0 aromatic heterocycles. The molecular weight excluding hydrogens is 399 g/mol. The van der Waals surface area contributed by atoms with Gasteiger partial charge in [0.15, 0.2) is 18.1 Å². The molecule has 0 aliphatic rings. The van der Waals surface area contributed by atoms with Crippen molar-refractivity contribution in [2.45, 2.75) is 20.0 Å². The molecule has 2 rings (SSSR count). The fraction of sp³-hybridized carbons (Fsp3) is 0.333. The van der Waals surface area contributed by atoms with E-state index >= 15 is 0 Å². The molecule has 2 aromatic rings. The Bertz CT molecular complexity index is 935. The summed E-state index contributed by atoms with van der Waals surface area (Å²) in [6.45, 7) is 4.41. The fourth-order valence-corrected chi connectivity index (χ4v) is 2.84. The molecule has 1 amide bonds. The minimum atomic E-state index is -4.53. The number of carbonyl (C=O) groups is 1. The Balaban J connectivity index is 2.22. The second-order valence-electron chi connectivity index (χ2n) is 6.22. The number of halogens is 3. The van der Waals surface area contributed by atoms with Crippen LogP contribution in [0.4, 0.5) is 24.5 Å². The molecule has 6 nitrogen and oxygen atoms in total. The van der Waals surface area contributed by atoms with Gasteiger partial charge in [0.2, 0.25) is 0 Å². The highest BCUT2D eigenvalue weighted by Crippen LogP contribution is 2.35. The monoisotopic (exact) mass is 421 g/mol. The first-order chi connectivity index (χ1) is 14.2. The Labute approximate surface area is 172 Å². The van der Waals surface area contributed by atoms with Crippen LogP contribution in [0.2, 0.25) is 0 Å². The van der Waals surface area contributed by atoms with E-state index in [0.29, 0.717) is 24.3 Å². The molecule has 0 aliphatic carbocycles. The van der Waals surface area contributed by atoms with E-state index in [1.54, 1.807) is 0 Å². The topological polar surface area (TPSA) is 74.6 Å². The van der Waals surface area contributed by atoms with Gasteiger partial charge in [0.1, 0.15) is 0 Å². The average Bonchev–Trinajstić information content (AvgIpc) is 2.73. The Morgan fingerprint density at radius 3 is 2.40 bits per heavy atom. The van der Waals surface area contributed by atoms with Gasteiger partial charge >= 0.3 is 6.18 Å². The third-order valence-corrected chi connectivity index (χ3v) is 4.35. The van der Waals surface area contributed by atoms with Gasteiger partial charge in [-0.05, 0) is 44.2 Å². The molecule has 30 heavy (non-hydrogen) atoms. The Morgan fingerprint density at radius 2 is 1.83 bits per heavy atom. The summed E-state index contributed by atoms with van der Waals surface area (Å²) in [5.74, 6) is -0.126. The third-order valence-electron chi connectivity index (χ3n) is 4.35. The number of hydrogen-bond acceptors (Lipinski definition) is 5. The standard InChI is InChI=1S/C21H22F3N3O3/c1-4-27(5-2)17-8-7-15(21(22,23)24)11-16(17)26-20(28)13-30-18-9-6-14(12-25)10-19(18)29-3/h6-11H,4-5,13H2,1-3H3,(H,26,28). The van der Waals surface area contributed by atoms with Crippen LogP contribution in [0.15, 0.2) is 36.4 Å². The first-order valence-electron chi connectivity index (χ1n) is 9.20. The van der Waals surface area contributed by atoms with Crippen molar-refractivity contribution in [2.75, 3.05) is 37.0 Å². The van der Waals surface area contributed by atoms with Crippen molar-refractivity contribution >= 4 is 17.3 Å². The maximum absolute atomic E-state index is 13.1. The molecule has 9 heteroatoms. The van der Waals surface area contributed by atoms with Crippen LogP contribution >= 0.6 is 0 Å². The number of anilines is 2. The van der Waals surface area contributed by atoms with E-state index in [-0.39, 0.29) is 17.2 Å². The summed E-state index contributed by atoms with van der Waals surface area (Å²) in [6.07, 6.45) is -4.53. The van der Waals surface area contributed by atoms with E-state index < -0.39 is 24.3 Å². The second-order valence-corrected chi connectivity index (χ2v) is 6.22. The molecular formula is C21H22F3N3O3. The molecule has 0 bridgehead atoms. The number of nitrogens with zero attached hydrogens (tertiary/aromatic N) is 2. The van der Waals surface area contributed by atoms with Crippen LogP contribution in [-0.2, 0) is 11.0 Å². The Morgan fingerprint density at radius 1 is 1.13 bits per heavy atom. The van der Waals surface area contributed by atoms with Gasteiger partial charge in [-0.3, -0.25) is 4.79 Å². The van der Waals surface area contributed by atoms with Crippen LogP contribution in [0.1, 0.15) is 25.0 Å². The lowest BCUT2D eigenvalue weighted by Crippen LogP contribution is -2.26. The molecule has 0 atom stereocenters. The molecule has 160 valence electrons. The predicted octanol–water partition coefficient (Wildman–Crippen LogP) is 4.45. The molecule has 0 aliphatic heterocycles. The summed E-state index contributed by atoms with van der Waals surface area (Å²) in [7, 11) is 1.39. The number of rotatable bonds is 8. The summed E-state index contributed by atoms with van der Waals surface area (Å²) in [5.41, 5.74) is 0.0334. The van der Waals surface area contributed by atoms with Gasteiger partial charge in [-0.15, -0.1) is 0 Å². The zero-order valence-electron chi connectivity index (χ0n) is 16.8. The number of nitriles is 1. The molecule has 1 N–H and O–H groups in total. The number of amides is 1. The molecule has 0 saturated carbocycles. The first kappa shape index (κ1) is 22.9. The van der Waals surface area contributed by atoms with Crippen LogP contribution < -0.4 is 19.7 Å². The number of benzene rings is 2. The van der Waals surface area contributed by atoms with Crippen molar-refractivity contribution in [3.63, 3.8) is 0 Å². The maximum Gasteiger partial charge on any atom is 0.416 e. The number of hydrogen-bond donors (Lipinski definition) is 1. The molecule has 0 radical (unpaired) electrons. The van der Waals surface area contributed by atoms with E-state index in [1.807, 2.05) is 24.8 Å². The summed E-state index contributed by atoms with van der Waals surface area (Å²) < 4.78 is 49.9. The first-order valence-corrected chi connectivity index (χ1v) is 9.20. The van der Waals surface area contributed by atoms with Crippen LogP contribution in [0.5, 0.6) is 11.5 Å². The molecule has 2 aromatic carbocycles. The van der Waals surface area contributed by atoms with Crippen molar-refractivity contribution in [2.24, 2.45) is 0 Å². The second kappa shape index (κ2) is 9.87. The van der Waals surface area contributed by atoms with E-state index in [4.69, 9.17) is 14.7 Å². The quantitative estimate of drug-likeness (QED) is 0.682. The fourth-order valence-electron chi connectivity index (χ4n) is 2.84. The summed E-state index contributed by atoms with van der Waals surface area (Å²) in [4.78, 5) is 14.2. The van der Waals surface area contributed by atoms with Gasteiger partial charge in [-0.1, -0.05) is 0 Å².